The van der Waals surface area contributed by atoms with Crippen molar-refractivity contribution in [1.82, 2.24) is 5.32 Å². The molecule has 0 saturated carbocycles. The van der Waals surface area contributed by atoms with E-state index in [1.165, 1.54) is 10.6 Å². The first-order valence-electron chi connectivity index (χ1n) is 15.0. The lowest BCUT2D eigenvalue weighted by Crippen LogP contribution is -2.37. The fraction of sp³-hybridized carbons (Fsp3) is 0.0750. The van der Waals surface area contributed by atoms with Crippen molar-refractivity contribution in [2.45, 2.75) is 23.1 Å². The van der Waals surface area contributed by atoms with Gasteiger partial charge < -0.3 is 5.32 Å². The van der Waals surface area contributed by atoms with Crippen molar-refractivity contribution in [3.05, 3.63) is 192 Å². The number of aryl methyl sites for hydroxylation is 1. The van der Waals surface area contributed by atoms with Gasteiger partial charge in [0.2, 0.25) is 0 Å². The third-order valence-corrected chi connectivity index (χ3v) is 12.2. The molecule has 3 atom stereocenters. The van der Waals surface area contributed by atoms with Gasteiger partial charge in [-0.3, -0.25) is 9.00 Å². The van der Waals surface area contributed by atoms with Gasteiger partial charge in [0.1, 0.15) is 0 Å². The molecule has 45 heavy (non-hydrogen) atoms. The lowest BCUT2D eigenvalue weighted by Gasteiger charge is -2.30. The summed E-state index contributed by atoms with van der Waals surface area (Å²) in [7, 11) is -2.48. The second-order valence-electron chi connectivity index (χ2n) is 10.8. The zero-order chi connectivity index (χ0) is 31.0. The van der Waals surface area contributed by atoms with Crippen molar-refractivity contribution in [3.8, 4) is 0 Å². The fourth-order valence-electron chi connectivity index (χ4n) is 5.66. The Kier molecular flexibility index (Phi) is 9.75. The first kappa shape index (κ1) is 30.4. The van der Waals surface area contributed by atoms with Crippen molar-refractivity contribution >= 4 is 40.5 Å². The molecule has 0 bridgehead atoms. The fourth-order valence-corrected chi connectivity index (χ4v) is 9.85. The smallest absolute Gasteiger partial charge is 0.252 e. The Morgan fingerprint density at radius 3 is 1.62 bits per heavy atom. The Morgan fingerprint density at radius 1 is 0.578 bits per heavy atom. The van der Waals surface area contributed by atoms with E-state index < -0.39 is 30.0 Å². The summed E-state index contributed by atoms with van der Waals surface area (Å²) in [6.45, 7) is 1.98. The average Bonchev–Trinajstić information content (AvgIpc) is 3.10. The molecule has 6 rings (SSSR count). The van der Waals surface area contributed by atoms with E-state index in [9.17, 15) is 9.00 Å². The van der Waals surface area contributed by atoms with Crippen molar-refractivity contribution in [2.75, 3.05) is 0 Å². The van der Waals surface area contributed by atoms with Gasteiger partial charge >= 0.3 is 0 Å². The lowest BCUT2D eigenvalue weighted by atomic mass is 9.97. The minimum Gasteiger partial charge on any atom is -0.344 e. The van der Waals surface area contributed by atoms with E-state index in [-0.39, 0.29) is 5.91 Å². The van der Waals surface area contributed by atoms with E-state index in [0.717, 1.165) is 26.9 Å². The van der Waals surface area contributed by atoms with Crippen LogP contribution in [0.25, 0.3) is 0 Å². The van der Waals surface area contributed by atoms with Crippen LogP contribution in [0.2, 0.25) is 0 Å². The van der Waals surface area contributed by atoms with E-state index in [2.05, 4.69) is 35.6 Å². The van der Waals surface area contributed by atoms with Crippen LogP contribution < -0.4 is 21.2 Å². The molecule has 6 aromatic carbocycles. The van der Waals surface area contributed by atoms with Crippen molar-refractivity contribution in [2.24, 2.45) is 0 Å². The molecule has 0 aliphatic carbocycles. The monoisotopic (exact) mass is 623 g/mol. The van der Waals surface area contributed by atoms with E-state index in [4.69, 9.17) is 0 Å². The number of nitrogens with one attached hydrogen (secondary N) is 1. The molecule has 0 aliphatic rings. The highest BCUT2D eigenvalue weighted by Crippen LogP contribution is 2.39. The van der Waals surface area contributed by atoms with Gasteiger partial charge in [0, 0.05) is 10.5 Å². The number of carbonyl (C=O) groups is 1. The lowest BCUT2D eigenvalue weighted by molar-refractivity contribution is 0.0937. The number of benzene rings is 6. The van der Waals surface area contributed by atoms with Gasteiger partial charge in [-0.25, -0.2) is 0 Å². The molecule has 1 amide bonds. The van der Waals surface area contributed by atoms with Crippen molar-refractivity contribution in [1.29, 1.82) is 0 Å². The third-order valence-electron chi connectivity index (χ3n) is 7.84. The average molecular weight is 624 g/mol. The maximum atomic E-state index is 14.6. The molecule has 6 aromatic rings. The number of amides is 1. The molecule has 0 aromatic heterocycles. The maximum Gasteiger partial charge on any atom is 0.252 e. The second-order valence-corrected chi connectivity index (χ2v) is 14.5. The molecule has 0 aliphatic heterocycles. The molecular formula is C40H34NO2PS. The molecule has 1 N–H and O–H groups in total. The SMILES string of the molecule is Cc1ccccc1[S@](=O)[C@H](c1ccccc1)[C@@H](NC(=O)c1ccccc1P(c1ccccc1)c1ccccc1)c1ccccc1. The molecule has 5 heteroatoms. The summed E-state index contributed by atoms with van der Waals surface area (Å²) in [5.74, 6) is -0.193. The van der Waals surface area contributed by atoms with Crippen LogP contribution in [-0.4, -0.2) is 10.1 Å². The first-order chi connectivity index (χ1) is 22.1. The van der Waals surface area contributed by atoms with Gasteiger partial charge in [0.25, 0.3) is 5.91 Å². The Labute approximate surface area is 269 Å². The van der Waals surface area contributed by atoms with Crippen molar-refractivity contribution in [3.63, 3.8) is 0 Å². The molecule has 222 valence electrons. The Balaban J connectivity index is 1.46. The molecular weight excluding hydrogens is 589 g/mol. The Morgan fingerprint density at radius 2 is 1.04 bits per heavy atom. The number of carbonyl (C=O) groups excluding carboxylic acids is 1. The standard InChI is InChI=1S/C40H34NO2PS/c1-30-18-14-17-29-37(30)45(43)39(32-21-8-3-9-22-32)38(31-19-6-2-7-20-31)41-40(42)35-27-15-16-28-36(35)44(33-23-10-4-11-24-33)34-25-12-5-13-26-34/h2-29,38-39H,1H3,(H,41,42)/t38-,39+,45-/m0/s1. The molecule has 3 nitrogen and oxygen atoms in total. The number of hydrogen-bond acceptors (Lipinski definition) is 2. The van der Waals surface area contributed by atoms with Crippen LogP contribution in [0.5, 0.6) is 0 Å². The molecule has 0 spiro atoms. The highest BCUT2D eigenvalue weighted by Gasteiger charge is 2.34. The summed E-state index contributed by atoms with van der Waals surface area (Å²) in [5.41, 5.74) is 3.37. The van der Waals surface area contributed by atoms with Gasteiger partial charge in [-0.1, -0.05) is 158 Å². The summed E-state index contributed by atoms with van der Waals surface area (Å²) < 4.78 is 14.6. The summed E-state index contributed by atoms with van der Waals surface area (Å²) in [6.07, 6.45) is 0. The summed E-state index contributed by atoms with van der Waals surface area (Å²) in [5, 5.41) is 6.18. The minimum atomic E-state index is -1.47. The quantitative estimate of drug-likeness (QED) is 0.159. The van der Waals surface area contributed by atoms with Crippen LogP contribution in [0, 0.1) is 6.92 Å². The van der Waals surface area contributed by atoms with Crippen LogP contribution in [0.3, 0.4) is 0 Å². The highest BCUT2D eigenvalue weighted by atomic mass is 32.2. The Hall–Kier alpha value is -4.63. The van der Waals surface area contributed by atoms with E-state index in [1.807, 2.05) is 146 Å². The maximum absolute atomic E-state index is 14.6. The van der Waals surface area contributed by atoms with E-state index in [0.29, 0.717) is 5.56 Å². The normalized spacial score (nSPS) is 13.1. The van der Waals surface area contributed by atoms with Gasteiger partial charge in [0.15, 0.2) is 0 Å². The zero-order valence-corrected chi connectivity index (χ0v) is 26.7. The van der Waals surface area contributed by atoms with Crippen LogP contribution in [0.15, 0.2) is 175 Å². The topological polar surface area (TPSA) is 46.2 Å². The molecule has 0 fully saturated rings. The molecule has 0 saturated heterocycles. The number of hydrogen-bond donors (Lipinski definition) is 1. The van der Waals surface area contributed by atoms with Crippen molar-refractivity contribution < 1.29 is 9.00 Å². The summed E-state index contributed by atoms with van der Waals surface area (Å²) in [6, 6.07) is 55.7. The highest BCUT2D eigenvalue weighted by molar-refractivity contribution is 7.85. The van der Waals surface area contributed by atoms with Gasteiger partial charge in [-0.15, -0.1) is 0 Å². The third kappa shape index (κ3) is 6.88. The van der Waals surface area contributed by atoms with Gasteiger partial charge in [0.05, 0.1) is 22.1 Å². The predicted octanol–water partition coefficient (Wildman–Crippen LogP) is 7.77. The van der Waals surface area contributed by atoms with Gasteiger partial charge in [-0.05, 0) is 59.6 Å². The van der Waals surface area contributed by atoms with Gasteiger partial charge in [-0.2, -0.15) is 0 Å². The van der Waals surface area contributed by atoms with Crippen LogP contribution in [0.1, 0.15) is 38.3 Å². The van der Waals surface area contributed by atoms with Crippen LogP contribution in [-0.2, 0) is 10.8 Å². The molecule has 0 radical (unpaired) electrons. The summed E-state index contributed by atoms with van der Waals surface area (Å²) in [4.78, 5) is 15.3. The Bertz CT molecular complexity index is 1840. The van der Waals surface area contributed by atoms with E-state index in [1.54, 1.807) is 0 Å². The largest absolute Gasteiger partial charge is 0.344 e. The predicted molar refractivity (Wildman–Crippen MR) is 189 cm³/mol. The second kappa shape index (κ2) is 14.4. The molecule has 0 unspecified atom stereocenters. The molecule has 0 heterocycles. The first-order valence-corrected chi connectivity index (χ1v) is 17.5. The van der Waals surface area contributed by atoms with Crippen LogP contribution in [0.4, 0.5) is 0 Å². The zero-order valence-electron chi connectivity index (χ0n) is 25.0. The van der Waals surface area contributed by atoms with E-state index >= 15 is 0 Å². The number of rotatable bonds is 10. The van der Waals surface area contributed by atoms with Crippen LogP contribution >= 0.6 is 7.92 Å². The summed E-state index contributed by atoms with van der Waals surface area (Å²) >= 11 is 0. The minimum absolute atomic E-state index is 0.193.